The highest BCUT2D eigenvalue weighted by atomic mass is 16.5. The van der Waals surface area contributed by atoms with E-state index in [4.69, 9.17) is 4.74 Å². The Bertz CT molecular complexity index is 509. The molecule has 0 aliphatic heterocycles. The second-order valence-electron chi connectivity index (χ2n) is 16.0. The van der Waals surface area contributed by atoms with E-state index < -0.39 is 0 Å². The number of hydrogen-bond donors (Lipinski definition) is 0. The first-order valence-corrected chi connectivity index (χ1v) is 22.8. The summed E-state index contributed by atoms with van der Waals surface area (Å²) >= 11 is 0. The van der Waals surface area contributed by atoms with E-state index in [1.165, 1.54) is 231 Å². The quantitative estimate of drug-likeness (QED) is 0.0593. The zero-order valence-electron chi connectivity index (χ0n) is 34.2. The minimum absolute atomic E-state index is 0.469. The summed E-state index contributed by atoms with van der Waals surface area (Å²) < 4.78 is 7.09. The molecular weight excluding hydrogens is 569 g/mol. The summed E-state index contributed by atoms with van der Waals surface area (Å²) in [6.07, 6.45) is 51.9. The monoisotopic (exact) mass is 663 g/mol. The highest BCUT2D eigenvalue weighted by Crippen LogP contribution is 2.30. The lowest BCUT2D eigenvalue weighted by atomic mass is 9.87. The summed E-state index contributed by atoms with van der Waals surface area (Å²) in [6.45, 7) is 14.1. The molecule has 0 aliphatic carbocycles. The third-order valence-corrected chi connectivity index (χ3v) is 11.4. The van der Waals surface area contributed by atoms with Gasteiger partial charge in [0.1, 0.15) is 0 Å². The van der Waals surface area contributed by atoms with Gasteiger partial charge in [-0.05, 0) is 37.5 Å². The zero-order chi connectivity index (χ0) is 34.5. The fourth-order valence-corrected chi connectivity index (χ4v) is 7.97. The molecule has 1 heteroatoms. The summed E-state index contributed by atoms with van der Waals surface area (Å²) in [4.78, 5) is 0. The van der Waals surface area contributed by atoms with Crippen LogP contribution in [0.15, 0.2) is 0 Å². The van der Waals surface area contributed by atoms with Crippen LogP contribution >= 0.6 is 0 Å². The Hall–Kier alpha value is -0.0400. The molecular formula is C46H94O. The summed E-state index contributed by atoms with van der Waals surface area (Å²) in [6, 6.07) is 0. The molecule has 0 spiro atoms. The van der Waals surface area contributed by atoms with Crippen molar-refractivity contribution in [2.24, 2.45) is 11.8 Å². The molecule has 4 unspecified atom stereocenters. The molecule has 284 valence electrons. The molecule has 0 heterocycles. The molecule has 0 N–H and O–H groups in total. The molecule has 0 aliphatic rings. The molecule has 0 aromatic rings. The SMILES string of the molecule is CCCCCCCCCCC(CCCCCCCC)CC(CC)OC(CC)CC(CCCCCCCC)CCCCCCCCCC. The lowest BCUT2D eigenvalue weighted by Crippen LogP contribution is -2.26. The third-order valence-electron chi connectivity index (χ3n) is 11.4. The maximum absolute atomic E-state index is 7.09. The smallest absolute Gasteiger partial charge is 0.0579 e. The first-order valence-electron chi connectivity index (χ1n) is 22.8. The van der Waals surface area contributed by atoms with Gasteiger partial charge in [0.05, 0.1) is 12.2 Å². The maximum Gasteiger partial charge on any atom is 0.0579 e. The van der Waals surface area contributed by atoms with E-state index in [2.05, 4.69) is 41.5 Å². The third kappa shape index (κ3) is 32.9. The van der Waals surface area contributed by atoms with E-state index in [0.717, 1.165) is 11.8 Å². The summed E-state index contributed by atoms with van der Waals surface area (Å²) in [5.74, 6) is 1.75. The number of unbranched alkanes of at least 4 members (excludes halogenated alkanes) is 24. The van der Waals surface area contributed by atoms with E-state index in [9.17, 15) is 0 Å². The molecule has 4 atom stereocenters. The lowest BCUT2D eigenvalue weighted by molar-refractivity contribution is -0.0403. The second kappa shape index (κ2) is 38.8. The summed E-state index contributed by atoms with van der Waals surface area (Å²) in [5.41, 5.74) is 0. The predicted molar refractivity (Wildman–Crippen MR) is 216 cm³/mol. The average Bonchev–Trinajstić information content (AvgIpc) is 3.08. The Kier molecular flexibility index (Phi) is 38.7. The molecule has 0 aromatic carbocycles. The molecule has 0 radical (unpaired) electrons. The maximum atomic E-state index is 7.09. The van der Waals surface area contributed by atoms with Crippen molar-refractivity contribution < 1.29 is 4.74 Å². The second-order valence-corrected chi connectivity index (χ2v) is 16.0. The number of rotatable bonds is 40. The molecule has 0 saturated heterocycles. The summed E-state index contributed by atoms with van der Waals surface area (Å²) in [7, 11) is 0. The molecule has 0 amide bonds. The molecule has 0 bridgehead atoms. The van der Waals surface area contributed by atoms with Gasteiger partial charge < -0.3 is 4.74 Å². The van der Waals surface area contributed by atoms with Crippen molar-refractivity contribution in [3.8, 4) is 0 Å². The zero-order valence-corrected chi connectivity index (χ0v) is 34.2. The van der Waals surface area contributed by atoms with Gasteiger partial charge in [-0.1, -0.05) is 247 Å². The van der Waals surface area contributed by atoms with Crippen LogP contribution in [-0.4, -0.2) is 12.2 Å². The van der Waals surface area contributed by atoms with Crippen molar-refractivity contribution in [3.63, 3.8) is 0 Å². The van der Waals surface area contributed by atoms with Gasteiger partial charge in [-0.15, -0.1) is 0 Å². The fourth-order valence-electron chi connectivity index (χ4n) is 7.97. The van der Waals surface area contributed by atoms with E-state index in [-0.39, 0.29) is 0 Å². The number of hydrogen-bond acceptors (Lipinski definition) is 1. The van der Waals surface area contributed by atoms with Crippen molar-refractivity contribution in [2.75, 3.05) is 0 Å². The van der Waals surface area contributed by atoms with Crippen LogP contribution in [0.1, 0.15) is 273 Å². The molecule has 0 aromatic heterocycles. The van der Waals surface area contributed by atoms with Gasteiger partial charge in [0.25, 0.3) is 0 Å². The van der Waals surface area contributed by atoms with Gasteiger partial charge in [-0.2, -0.15) is 0 Å². The standard InChI is InChI=1S/C46H94O/c1-7-13-17-21-25-27-31-35-39-43(37-33-29-23-19-15-9-3)41-45(11-5)47-46(12-6)42-44(38-34-30-24-20-16-10-4)40-36-32-28-26-22-18-14-8-2/h43-46H,7-42H2,1-6H3. The Labute approximate surface area is 300 Å². The first kappa shape index (κ1) is 47.0. The van der Waals surface area contributed by atoms with Gasteiger partial charge >= 0.3 is 0 Å². The normalized spacial score (nSPS) is 14.4. The highest BCUT2D eigenvalue weighted by molar-refractivity contribution is 4.72. The first-order chi connectivity index (χ1) is 23.1. The van der Waals surface area contributed by atoms with Crippen LogP contribution in [0.5, 0.6) is 0 Å². The van der Waals surface area contributed by atoms with Gasteiger partial charge in [0.2, 0.25) is 0 Å². The Morgan fingerprint density at radius 2 is 0.489 bits per heavy atom. The van der Waals surface area contributed by atoms with Gasteiger partial charge in [-0.25, -0.2) is 0 Å². The fraction of sp³-hybridized carbons (Fsp3) is 1.00. The lowest BCUT2D eigenvalue weighted by Gasteiger charge is -2.30. The van der Waals surface area contributed by atoms with Crippen molar-refractivity contribution in [2.45, 2.75) is 285 Å². The van der Waals surface area contributed by atoms with Gasteiger partial charge in [0, 0.05) is 0 Å². The Morgan fingerprint density at radius 1 is 0.277 bits per heavy atom. The van der Waals surface area contributed by atoms with Crippen LogP contribution in [0.3, 0.4) is 0 Å². The van der Waals surface area contributed by atoms with Crippen LogP contribution in [0.2, 0.25) is 0 Å². The summed E-state index contributed by atoms with van der Waals surface area (Å²) in [5, 5.41) is 0. The van der Waals surface area contributed by atoms with Crippen LogP contribution in [0.4, 0.5) is 0 Å². The minimum atomic E-state index is 0.469. The molecule has 1 nitrogen and oxygen atoms in total. The minimum Gasteiger partial charge on any atom is -0.375 e. The van der Waals surface area contributed by atoms with Crippen molar-refractivity contribution in [3.05, 3.63) is 0 Å². The topological polar surface area (TPSA) is 9.23 Å². The van der Waals surface area contributed by atoms with Crippen molar-refractivity contribution >= 4 is 0 Å². The van der Waals surface area contributed by atoms with E-state index in [0.29, 0.717) is 12.2 Å². The molecule has 0 saturated carbocycles. The van der Waals surface area contributed by atoms with Crippen LogP contribution in [0.25, 0.3) is 0 Å². The Morgan fingerprint density at radius 3 is 0.702 bits per heavy atom. The molecule has 47 heavy (non-hydrogen) atoms. The predicted octanol–water partition coefficient (Wildman–Crippen LogP) is 17.1. The Balaban J connectivity index is 4.96. The molecule has 0 rings (SSSR count). The average molecular weight is 663 g/mol. The van der Waals surface area contributed by atoms with E-state index >= 15 is 0 Å². The largest absolute Gasteiger partial charge is 0.375 e. The van der Waals surface area contributed by atoms with Crippen LogP contribution in [0, 0.1) is 11.8 Å². The highest BCUT2D eigenvalue weighted by Gasteiger charge is 2.22. The van der Waals surface area contributed by atoms with Crippen LogP contribution < -0.4 is 0 Å². The van der Waals surface area contributed by atoms with Gasteiger partial charge in [-0.3, -0.25) is 0 Å². The van der Waals surface area contributed by atoms with Crippen molar-refractivity contribution in [1.29, 1.82) is 0 Å². The van der Waals surface area contributed by atoms with Gasteiger partial charge in [0.15, 0.2) is 0 Å². The van der Waals surface area contributed by atoms with E-state index in [1.807, 2.05) is 0 Å². The van der Waals surface area contributed by atoms with Crippen LogP contribution in [-0.2, 0) is 4.74 Å². The number of ether oxygens (including phenoxy) is 1. The molecule has 0 fully saturated rings. The van der Waals surface area contributed by atoms with Crippen molar-refractivity contribution in [1.82, 2.24) is 0 Å². The van der Waals surface area contributed by atoms with E-state index in [1.54, 1.807) is 0 Å².